The van der Waals surface area contributed by atoms with Crippen molar-refractivity contribution in [3.63, 3.8) is 0 Å². The summed E-state index contributed by atoms with van der Waals surface area (Å²) in [7, 11) is 3.40. The van der Waals surface area contributed by atoms with Crippen molar-refractivity contribution in [2.24, 2.45) is 0 Å². The molecule has 0 unspecified atom stereocenters. The van der Waals surface area contributed by atoms with Crippen molar-refractivity contribution in [3.8, 4) is 11.5 Å². The zero-order chi connectivity index (χ0) is 18.6. The van der Waals surface area contributed by atoms with Crippen LogP contribution in [0.2, 0.25) is 0 Å². The third kappa shape index (κ3) is 4.28. The molecule has 6 heteroatoms. The zero-order valence-electron chi connectivity index (χ0n) is 16.4. The molecule has 0 spiro atoms. The van der Waals surface area contributed by atoms with Crippen molar-refractivity contribution in [2.75, 3.05) is 40.4 Å². The summed E-state index contributed by atoms with van der Waals surface area (Å²) >= 11 is 0. The number of ether oxygens (including phenoxy) is 2. The van der Waals surface area contributed by atoms with Gasteiger partial charge in [0.2, 0.25) is 0 Å². The van der Waals surface area contributed by atoms with Gasteiger partial charge in [-0.25, -0.2) is 4.98 Å². The van der Waals surface area contributed by atoms with Crippen LogP contribution in [0.4, 0.5) is 0 Å². The van der Waals surface area contributed by atoms with Crippen molar-refractivity contribution in [1.82, 2.24) is 19.4 Å². The van der Waals surface area contributed by atoms with Crippen molar-refractivity contribution in [2.45, 2.75) is 38.4 Å². The van der Waals surface area contributed by atoms with Crippen LogP contribution in [0, 0.1) is 0 Å². The van der Waals surface area contributed by atoms with Gasteiger partial charge < -0.3 is 18.9 Å². The first kappa shape index (κ1) is 18.3. The Morgan fingerprint density at radius 3 is 2.44 bits per heavy atom. The summed E-state index contributed by atoms with van der Waals surface area (Å²) in [4.78, 5) is 9.56. The second-order valence-corrected chi connectivity index (χ2v) is 7.70. The topological polar surface area (TPSA) is 42.8 Å². The molecule has 1 atom stereocenters. The summed E-state index contributed by atoms with van der Waals surface area (Å²) in [6.07, 6.45) is 8.06. The monoisotopic (exact) mass is 370 g/mol. The summed E-state index contributed by atoms with van der Waals surface area (Å²) in [5, 5.41) is 0. The summed E-state index contributed by atoms with van der Waals surface area (Å²) < 4.78 is 13.3. The van der Waals surface area contributed by atoms with E-state index in [0.29, 0.717) is 6.04 Å². The highest BCUT2D eigenvalue weighted by atomic mass is 16.5. The lowest BCUT2D eigenvalue weighted by Gasteiger charge is -2.38. The standard InChI is InChI=1S/C21H30N4O2/c1-26-20-8-17(9-21(10-20)27-2)12-24-13-18-11-22-16-25(18)19(15-24)14-23-6-4-3-5-7-23/h8-11,16,19H,3-7,12-15H2,1-2H3/t19-/m0/s1. The molecule has 2 aliphatic rings. The smallest absolute Gasteiger partial charge is 0.122 e. The number of piperidine rings is 1. The van der Waals surface area contributed by atoms with Crippen molar-refractivity contribution < 1.29 is 9.47 Å². The molecule has 0 aliphatic carbocycles. The van der Waals surface area contributed by atoms with E-state index in [0.717, 1.165) is 37.7 Å². The Morgan fingerprint density at radius 1 is 1.00 bits per heavy atom. The predicted molar refractivity (Wildman–Crippen MR) is 105 cm³/mol. The average molecular weight is 370 g/mol. The molecule has 0 N–H and O–H groups in total. The van der Waals surface area contributed by atoms with Crippen molar-refractivity contribution in [3.05, 3.63) is 42.0 Å². The molecule has 4 rings (SSSR count). The number of fused-ring (bicyclic) bond motifs is 1. The molecule has 146 valence electrons. The van der Waals surface area contributed by atoms with Gasteiger partial charge in [0.15, 0.2) is 0 Å². The first-order valence-electron chi connectivity index (χ1n) is 9.92. The van der Waals surface area contributed by atoms with E-state index < -0.39 is 0 Å². The van der Waals surface area contributed by atoms with Crippen LogP contribution in [-0.2, 0) is 13.1 Å². The van der Waals surface area contributed by atoms with Crippen LogP contribution in [0.1, 0.15) is 36.6 Å². The number of benzene rings is 1. The van der Waals surface area contributed by atoms with Crippen LogP contribution in [0.3, 0.4) is 0 Å². The molecule has 2 aromatic rings. The van der Waals surface area contributed by atoms with Crippen molar-refractivity contribution in [1.29, 1.82) is 0 Å². The highest BCUT2D eigenvalue weighted by molar-refractivity contribution is 5.38. The fraction of sp³-hybridized carbons (Fsp3) is 0.571. The highest BCUT2D eigenvalue weighted by Crippen LogP contribution is 2.27. The second kappa shape index (κ2) is 8.31. The van der Waals surface area contributed by atoms with Crippen LogP contribution in [0.15, 0.2) is 30.7 Å². The number of rotatable bonds is 6. The van der Waals surface area contributed by atoms with E-state index >= 15 is 0 Å². The third-order valence-corrected chi connectivity index (χ3v) is 5.73. The van der Waals surface area contributed by atoms with Crippen LogP contribution in [0.25, 0.3) is 0 Å². The molecular weight excluding hydrogens is 340 g/mol. The SMILES string of the molecule is COc1cc(CN2Cc3cncn3[C@@H](CN3CCCCC3)C2)cc(OC)c1. The Hall–Kier alpha value is -2.05. The van der Waals surface area contributed by atoms with E-state index in [2.05, 4.69) is 31.5 Å². The number of aromatic nitrogens is 2. The van der Waals surface area contributed by atoms with E-state index in [1.54, 1.807) is 14.2 Å². The lowest BCUT2D eigenvalue weighted by Crippen LogP contribution is -2.43. The maximum atomic E-state index is 5.43. The molecule has 27 heavy (non-hydrogen) atoms. The number of hydrogen-bond acceptors (Lipinski definition) is 5. The van der Waals surface area contributed by atoms with Gasteiger partial charge >= 0.3 is 0 Å². The van der Waals surface area contributed by atoms with E-state index in [1.165, 1.54) is 43.6 Å². The minimum absolute atomic E-state index is 0.460. The van der Waals surface area contributed by atoms with Gasteiger partial charge in [-0.3, -0.25) is 4.90 Å². The molecule has 1 aromatic heterocycles. The summed E-state index contributed by atoms with van der Waals surface area (Å²) in [5.74, 6) is 1.69. The fourth-order valence-electron chi connectivity index (χ4n) is 4.38. The van der Waals surface area contributed by atoms with Gasteiger partial charge in [-0.15, -0.1) is 0 Å². The average Bonchev–Trinajstić information content (AvgIpc) is 3.17. The molecule has 1 saturated heterocycles. The molecule has 6 nitrogen and oxygen atoms in total. The minimum Gasteiger partial charge on any atom is -0.497 e. The van der Waals surface area contributed by atoms with Crippen LogP contribution in [0.5, 0.6) is 11.5 Å². The summed E-state index contributed by atoms with van der Waals surface area (Å²) in [6.45, 7) is 6.42. The first-order valence-corrected chi connectivity index (χ1v) is 9.92. The summed E-state index contributed by atoms with van der Waals surface area (Å²) in [6, 6.07) is 6.60. The Labute approximate surface area is 161 Å². The molecule has 1 fully saturated rings. The number of nitrogens with zero attached hydrogens (tertiary/aromatic N) is 4. The summed E-state index contributed by atoms with van der Waals surface area (Å²) in [5.41, 5.74) is 2.52. The largest absolute Gasteiger partial charge is 0.497 e. The van der Waals surface area contributed by atoms with Gasteiger partial charge in [0.25, 0.3) is 0 Å². The quantitative estimate of drug-likeness (QED) is 0.782. The van der Waals surface area contributed by atoms with Gasteiger partial charge in [0, 0.05) is 38.4 Å². The van der Waals surface area contributed by atoms with E-state index in [-0.39, 0.29) is 0 Å². The highest BCUT2D eigenvalue weighted by Gasteiger charge is 2.27. The molecule has 0 amide bonds. The van der Waals surface area contributed by atoms with Crippen molar-refractivity contribution >= 4 is 0 Å². The van der Waals surface area contributed by atoms with Gasteiger partial charge in [-0.05, 0) is 43.6 Å². The molecule has 2 aliphatic heterocycles. The fourth-order valence-corrected chi connectivity index (χ4v) is 4.38. The Balaban J connectivity index is 1.49. The Kier molecular flexibility index (Phi) is 5.64. The molecule has 0 radical (unpaired) electrons. The number of hydrogen-bond donors (Lipinski definition) is 0. The van der Waals surface area contributed by atoms with E-state index in [4.69, 9.17) is 9.47 Å². The normalized spacial score (nSPS) is 21.0. The maximum absolute atomic E-state index is 5.43. The Morgan fingerprint density at radius 2 is 1.74 bits per heavy atom. The number of imidazole rings is 1. The number of methoxy groups -OCH3 is 2. The lowest BCUT2D eigenvalue weighted by molar-refractivity contribution is 0.128. The minimum atomic E-state index is 0.460. The molecular formula is C21H30N4O2. The van der Waals surface area contributed by atoms with Crippen LogP contribution in [-0.4, -0.2) is 59.7 Å². The van der Waals surface area contributed by atoms with Gasteiger partial charge in [0.05, 0.1) is 32.3 Å². The van der Waals surface area contributed by atoms with E-state index in [9.17, 15) is 0 Å². The van der Waals surface area contributed by atoms with E-state index in [1.807, 2.05) is 18.6 Å². The van der Waals surface area contributed by atoms with Gasteiger partial charge in [0.1, 0.15) is 11.5 Å². The molecule has 0 saturated carbocycles. The zero-order valence-corrected chi connectivity index (χ0v) is 16.4. The predicted octanol–water partition coefficient (Wildman–Crippen LogP) is 2.94. The molecule has 0 bridgehead atoms. The van der Waals surface area contributed by atoms with Crippen LogP contribution >= 0.6 is 0 Å². The van der Waals surface area contributed by atoms with Crippen LogP contribution < -0.4 is 9.47 Å². The maximum Gasteiger partial charge on any atom is 0.122 e. The lowest BCUT2D eigenvalue weighted by atomic mass is 10.1. The number of likely N-dealkylation sites (tertiary alicyclic amines) is 1. The third-order valence-electron chi connectivity index (χ3n) is 5.73. The first-order chi connectivity index (χ1) is 13.2. The van der Waals surface area contributed by atoms with Gasteiger partial charge in [-0.1, -0.05) is 6.42 Å². The second-order valence-electron chi connectivity index (χ2n) is 7.70. The van der Waals surface area contributed by atoms with Gasteiger partial charge in [-0.2, -0.15) is 0 Å². The molecule has 1 aromatic carbocycles. The Bertz CT molecular complexity index is 732. The molecule has 3 heterocycles.